The van der Waals surface area contributed by atoms with Crippen LogP contribution < -0.4 is 16.4 Å². The Bertz CT molecular complexity index is 1200. The molecule has 1 aliphatic rings. The number of H-pyrrole nitrogens is 1. The fraction of sp³-hybridized carbons (Fsp3) is 0.500. The fourth-order valence-electron chi connectivity index (χ4n) is 4.71. The summed E-state index contributed by atoms with van der Waals surface area (Å²) in [6.45, 7) is 3.82. The Morgan fingerprint density at radius 2 is 1.84 bits per heavy atom. The van der Waals surface area contributed by atoms with Gasteiger partial charge in [0.25, 0.3) is 0 Å². The molecule has 7 N–H and O–H groups in total. The third kappa shape index (κ3) is 6.68. The van der Waals surface area contributed by atoms with Crippen molar-refractivity contribution in [3.05, 3.63) is 36.0 Å². The van der Waals surface area contributed by atoms with Crippen molar-refractivity contribution in [2.75, 3.05) is 6.54 Å². The molecule has 206 valence electrons. The van der Waals surface area contributed by atoms with Gasteiger partial charge in [-0.25, -0.2) is 4.79 Å². The van der Waals surface area contributed by atoms with Gasteiger partial charge in [0.15, 0.2) is 0 Å². The second kappa shape index (κ2) is 12.5. The lowest BCUT2D eigenvalue weighted by atomic mass is 9.96. The SMILES string of the molecule is CCC(C)C(NC(=O)C(N)CC(=O)O)C(=O)NC(Cc1c[nH]c2ccccc12)C(=O)N1CCCC1C(=O)O. The molecule has 2 heterocycles. The largest absolute Gasteiger partial charge is 0.481 e. The molecule has 1 saturated heterocycles. The second-order valence-corrected chi connectivity index (χ2v) is 9.73. The van der Waals surface area contributed by atoms with E-state index >= 15 is 0 Å². The van der Waals surface area contributed by atoms with Crippen molar-refractivity contribution >= 4 is 40.6 Å². The Morgan fingerprint density at radius 1 is 1.13 bits per heavy atom. The number of hydrogen-bond donors (Lipinski definition) is 6. The Labute approximate surface area is 219 Å². The van der Waals surface area contributed by atoms with Crippen molar-refractivity contribution in [2.24, 2.45) is 11.7 Å². The molecular formula is C26H35N5O7. The lowest BCUT2D eigenvalue weighted by Gasteiger charge is -2.30. The van der Waals surface area contributed by atoms with Gasteiger partial charge in [0.1, 0.15) is 18.1 Å². The molecule has 3 rings (SSSR count). The molecule has 5 unspecified atom stereocenters. The third-order valence-electron chi connectivity index (χ3n) is 7.06. The van der Waals surface area contributed by atoms with Crippen molar-refractivity contribution in [1.82, 2.24) is 20.5 Å². The quantitative estimate of drug-likeness (QED) is 0.230. The lowest BCUT2D eigenvalue weighted by molar-refractivity contribution is -0.149. The number of carbonyl (C=O) groups is 5. The van der Waals surface area contributed by atoms with Crippen molar-refractivity contribution in [1.29, 1.82) is 0 Å². The monoisotopic (exact) mass is 529 g/mol. The summed E-state index contributed by atoms with van der Waals surface area (Å²) in [7, 11) is 0. The second-order valence-electron chi connectivity index (χ2n) is 9.73. The zero-order valence-electron chi connectivity index (χ0n) is 21.5. The number of aromatic amines is 1. The smallest absolute Gasteiger partial charge is 0.326 e. The van der Waals surface area contributed by atoms with Gasteiger partial charge in [0.2, 0.25) is 17.7 Å². The standard InChI is InChI=1S/C26H35N5O7/c1-3-14(2)22(30-23(34)17(27)12-21(32)33)24(35)29-19(25(36)31-10-6-9-20(31)26(37)38)11-15-13-28-18-8-5-4-7-16(15)18/h4-5,7-8,13-14,17,19-20,22,28H,3,6,9-12,27H2,1-2H3,(H,29,35)(H,30,34)(H,32,33)(H,37,38). The number of amides is 3. The number of carbonyl (C=O) groups excluding carboxylic acids is 3. The van der Waals surface area contributed by atoms with Gasteiger partial charge in [-0.3, -0.25) is 19.2 Å². The van der Waals surface area contributed by atoms with E-state index in [4.69, 9.17) is 10.8 Å². The van der Waals surface area contributed by atoms with E-state index in [0.29, 0.717) is 19.3 Å². The molecule has 5 atom stereocenters. The summed E-state index contributed by atoms with van der Waals surface area (Å²) in [5, 5.41) is 24.7. The number of rotatable bonds is 12. The van der Waals surface area contributed by atoms with Gasteiger partial charge < -0.3 is 36.5 Å². The van der Waals surface area contributed by atoms with Crippen LogP contribution in [0, 0.1) is 5.92 Å². The first-order chi connectivity index (χ1) is 18.0. The highest BCUT2D eigenvalue weighted by atomic mass is 16.4. The highest BCUT2D eigenvalue weighted by Gasteiger charge is 2.39. The van der Waals surface area contributed by atoms with E-state index in [-0.39, 0.29) is 18.9 Å². The molecule has 0 radical (unpaired) electrons. The minimum atomic E-state index is -1.35. The van der Waals surface area contributed by atoms with Gasteiger partial charge >= 0.3 is 11.9 Å². The Kier molecular flexibility index (Phi) is 9.45. The highest BCUT2D eigenvalue weighted by Crippen LogP contribution is 2.23. The number of nitrogens with zero attached hydrogens (tertiary/aromatic N) is 1. The van der Waals surface area contributed by atoms with Gasteiger partial charge in [-0.15, -0.1) is 0 Å². The van der Waals surface area contributed by atoms with Crippen molar-refractivity contribution in [2.45, 2.75) is 70.1 Å². The molecule has 12 nitrogen and oxygen atoms in total. The molecule has 2 aromatic rings. The van der Waals surface area contributed by atoms with E-state index in [1.807, 2.05) is 31.2 Å². The normalized spacial score (nSPS) is 18.4. The Hall–Kier alpha value is -3.93. The summed E-state index contributed by atoms with van der Waals surface area (Å²) in [5.74, 6) is -4.67. The van der Waals surface area contributed by atoms with Gasteiger partial charge in [0.05, 0.1) is 12.5 Å². The summed E-state index contributed by atoms with van der Waals surface area (Å²) in [4.78, 5) is 66.8. The number of fused-ring (bicyclic) bond motifs is 1. The number of nitrogens with one attached hydrogen (secondary N) is 3. The van der Waals surface area contributed by atoms with E-state index in [2.05, 4.69) is 15.6 Å². The number of carboxylic acid groups (broad SMARTS) is 2. The lowest BCUT2D eigenvalue weighted by Crippen LogP contribution is -2.59. The maximum atomic E-state index is 13.6. The minimum absolute atomic E-state index is 0.0944. The number of likely N-dealkylation sites (tertiary alicyclic amines) is 1. The molecule has 38 heavy (non-hydrogen) atoms. The van der Waals surface area contributed by atoms with Gasteiger partial charge in [-0.1, -0.05) is 38.5 Å². The van der Waals surface area contributed by atoms with Crippen LogP contribution in [0.2, 0.25) is 0 Å². The van der Waals surface area contributed by atoms with Crippen LogP contribution in [0.25, 0.3) is 10.9 Å². The van der Waals surface area contributed by atoms with E-state index in [1.54, 1.807) is 13.1 Å². The molecule has 0 saturated carbocycles. The van der Waals surface area contributed by atoms with Crippen LogP contribution in [0.3, 0.4) is 0 Å². The summed E-state index contributed by atoms with van der Waals surface area (Å²) in [5.41, 5.74) is 7.29. The molecular weight excluding hydrogens is 494 g/mol. The van der Waals surface area contributed by atoms with E-state index in [0.717, 1.165) is 16.5 Å². The summed E-state index contributed by atoms with van der Waals surface area (Å²) >= 11 is 0. The molecule has 12 heteroatoms. The van der Waals surface area contributed by atoms with Crippen molar-refractivity contribution in [3.8, 4) is 0 Å². The first-order valence-corrected chi connectivity index (χ1v) is 12.7. The predicted molar refractivity (Wildman–Crippen MR) is 138 cm³/mol. The topological polar surface area (TPSA) is 195 Å². The number of nitrogens with two attached hydrogens (primary N) is 1. The number of benzene rings is 1. The minimum Gasteiger partial charge on any atom is -0.481 e. The van der Waals surface area contributed by atoms with Gasteiger partial charge in [-0.2, -0.15) is 0 Å². The average Bonchev–Trinajstić information content (AvgIpc) is 3.53. The maximum Gasteiger partial charge on any atom is 0.326 e. The molecule has 1 aliphatic heterocycles. The van der Waals surface area contributed by atoms with Crippen LogP contribution in [-0.2, 0) is 30.4 Å². The highest BCUT2D eigenvalue weighted by molar-refractivity contribution is 5.95. The predicted octanol–water partition coefficient (Wildman–Crippen LogP) is 0.604. The first kappa shape index (κ1) is 28.6. The number of carboxylic acids is 2. The van der Waals surface area contributed by atoms with Crippen molar-refractivity contribution in [3.63, 3.8) is 0 Å². The van der Waals surface area contributed by atoms with Crippen LogP contribution >= 0.6 is 0 Å². The van der Waals surface area contributed by atoms with Crippen LogP contribution in [0.5, 0.6) is 0 Å². The number of hydrogen-bond acceptors (Lipinski definition) is 6. The number of aromatic nitrogens is 1. The van der Waals surface area contributed by atoms with Crippen LogP contribution in [0.1, 0.15) is 45.1 Å². The van der Waals surface area contributed by atoms with E-state index in [1.165, 1.54) is 4.90 Å². The zero-order valence-corrected chi connectivity index (χ0v) is 21.5. The molecule has 0 spiro atoms. The van der Waals surface area contributed by atoms with Crippen molar-refractivity contribution < 1.29 is 34.2 Å². The van der Waals surface area contributed by atoms with E-state index in [9.17, 15) is 29.1 Å². The molecule has 3 amide bonds. The van der Waals surface area contributed by atoms with Crippen LogP contribution in [0.15, 0.2) is 30.5 Å². The van der Waals surface area contributed by atoms with Gasteiger partial charge in [0, 0.05) is 30.1 Å². The summed E-state index contributed by atoms with van der Waals surface area (Å²) in [6, 6.07) is 2.96. The maximum absolute atomic E-state index is 13.6. The van der Waals surface area contributed by atoms with Crippen LogP contribution in [0.4, 0.5) is 0 Å². The number of aliphatic carboxylic acids is 2. The van der Waals surface area contributed by atoms with Gasteiger partial charge in [-0.05, 0) is 30.4 Å². The molecule has 0 aliphatic carbocycles. The Balaban J connectivity index is 1.88. The van der Waals surface area contributed by atoms with E-state index < -0.39 is 60.2 Å². The Morgan fingerprint density at radius 3 is 2.50 bits per heavy atom. The summed E-state index contributed by atoms with van der Waals surface area (Å²) in [6.07, 6.45) is 2.59. The third-order valence-corrected chi connectivity index (χ3v) is 7.06. The first-order valence-electron chi connectivity index (χ1n) is 12.7. The molecule has 0 bridgehead atoms. The van der Waals surface area contributed by atoms with Crippen LogP contribution in [-0.4, -0.2) is 80.5 Å². The molecule has 1 aromatic heterocycles. The fourth-order valence-corrected chi connectivity index (χ4v) is 4.71. The zero-order chi connectivity index (χ0) is 28.0. The molecule has 1 fully saturated rings. The average molecular weight is 530 g/mol. The summed E-state index contributed by atoms with van der Waals surface area (Å²) < 4.78 is 0. The molecule has 1 aromatic carbocycles. The number of para-hydroxylation sites is 1.